The number of phenols is 1. The van der Waals surface area contributed by atoms with Gasteiger partial charge in [-0.25, -0.2) is 4.79 Å². The summed E-state index contributed by atoms with van der Waals surface area (Å²) in [5.41, 5.74) is 0.535. The van der Waals surface area contributed by atoms with Gasteiger partial charge < -0.3 is 62.7 Å². The van der Waals surface area contributed by atoms with E-state index in [2.05, 4.69) is 0 Å². The normalized spacial score (nSPS) is 21.5. The number of ether oxygens (including phenoxy) is 8. The maximum Gasteiger partial charge on any atom is 0.331 e. The van der Waals surface area contributed by atoms with Gasteiger partial charge in [0.1, 0.15) is 47.0 Å². The predicted octanol–water partition coefficient (Wildman–Crippen LogP) is 2.36. The molecule has 0 bridgehead atoms. The monoisotopic (exact) mass is 680 g/mol. The Hall–Kier alpha value is -5.48. The molecular formula is C34H32O15. The van der Waals surface area contributed by atoms with Gasteiger partial charge in [0.15, 0.2) is 29.1 Å². The Bertz CT molecular complexity index is 1930. The quantitative estimate of drug-likeness (QED) is 0.140. The third-order valence-corrected chi connectivity index (χ3v) is 7.96. The molecule has 258 valence electrons. The number of hydrogen-bond donors (Lipinski definition) is 4. The minimum Gasteiger partial charge on any atom is -0.508 e. The van der Waals surface area contributed by atoms with Gasteiger partial charge in [-0.3, -0.25) is 4.79 Å². The van der Waals surface area contributed by atoms with Gasteiger partial charge in [0, 0.05) is 23.8 Å². The van der Waals surface area contributed by atoms with Gasteiger partial charge in [0.2, 0.25) is 24.3 Å². The maximum absolute atomic E-state index is 14.0. The molecule has 0 amide bonds. The number of aromatic hydroxyl groups is 1. The average molecular weight is 681 g/mol. The fourth-order valence-electron chi connectivity index (χ4n) is 5.50. The zero-order chi connectivity index (χ0) is 34.8. The van der Waals surface area contributed by atoms with E-state index in [0.29, 0.717) is 28.4 Å². The van der Waals surface area contributed by atoms with Gasteiger partial charge in [-0.1, -0.05) is 12.1 Å². The number of carbonyl (C=O) groups excluding carboxylic acids is 1. The smallest absolute Gasteiger partial charge is 0.331 e. The second-order valence-corrected chi connectivity index (χ2v) is 10.8. The van der Waals surface area contributed by atoms with E-state index >= 15 is 0 Å². The van der Waals surface area contributed by atoms with Crippen LogP contribution in [0.15, 0.2) is 64.0 Å². The maximum atomic E-state index is 14.0. The minimum atomic E-state index is -1.76. The topological polar surface area (TPSA) is 202 Å². The van der Waals surface area contributed by atoms with Crippen LogP contribution in [0.3, 0.4) is 0 Å². The van der Waals surface area contributed by atoms with E-state index in [0.717, 1.165) is 6.08 Å². The molecule has 15 nitrogen and oxygen atoms in total. The van der Waals surface area contributed by atoms with Crippen molar-refractivity contribution in [1.29, 1.82) is 0 Å². The number of fused-ring (bicyclic) bond motifs is 2. The fraction of sp³-hybridized carbons (Fsp3) is 0.294. The number of aliphatic hydroxyl groups is 3. The third-order valence-electron chi connectivity index (χ3n) is 7.96. The molecule has 1 fully saturated rings. The summed E-state index contributed by atoms with van der Waals surface area (Å²) in [5, 5.41) is 40.8. The largest absolute Gasteiger partial charge is 0.508 e. The van der Waals surface area contributed by atoms with Crippen molar-refractivity contribution in [1.82, 2.24) is 0 Å². The zero-order valence-electron chi connectivity index (χ0n) is 26.4. The molecule has 0 spiro atoms. The first kappa shape index (κ1) is 33.4. The van der Waals surface area contributed by atoms with Crippen molar-refractivity contribution in [3.05, 3.63) is 70.6 Å². The highest BCUT2D eigenvalue weighted by atomic mass is 16.7. The van der Waals surface area contributed by atoms with Gasteiger partial charge in [-0.15, -0.1) is 0 Å². The molecule has 4 aromatic rings. The molecule has 0 unspecified atom stereocenters. The Morgan fingerprint density at radius 3 is 2.31 bits per heavy atom. The summed E-state index contributed by atoms with van der Waals surface area (Å²) in [4.78, 5) is 26.8. The third kappa shape index (κ3) is 6.39. The van der Waals surface area contributed by atoms with Crippen LogP contribution in [-0.2, 0) is 14.3 Å². The average Bonchev–Trinajstić information content (AvgIpc) is 3.57. The lowest BCUT2D eigenvalue weighted by molar-refractivity contribution is -0.281. The highest BCUT2D eigenvalue weighted by Crippen LogP contribution is 2.46. The molecule has 1 saturated heterocycles. The van der Waals surface area contributed by atoms with Gasteiger partial charge in [0.25, 0.3) is 0 Å². The van der Waals surface area contributed by atoms with Gasteiger partial charge >= 0.3 is 5.97 Å². The van der Waals surface area contributed by atoms with Crippen LogP contribution in [0.25, 0.3) is 28.2 Å². The van der Waals surface area contributed by atoms with Crippen molar-refractivity contribution < 1.29 is 67.5 Å². The van der Waals surface area contributed by atoms with Gasteiger partial charge in [-0.05, 0) is 29.8 Å². The van der Waals surface area contributed by atoms with Crippen LogP contribution in [0.4, 0.5) is 0 Å². The number of hydrogen-bond acceptors (Lipinski definition) is 15. The Labute approximate surface area is 277 Å². The number of phenolic OH excluding ortho intramolecular Hbond substituents is 1. The number of aliphatic hydroxyl groups excluding tert-OH is 3. The molecule has 2 aliphatic rings. The van der Waals surface area contributed by atoms with Crippen molar-refractivity contribution in [2.45, 2.75) is 30.7 Å². The van der Waals surface area contributed by atoms with Crippen LogP contribution in [-0.4, -0.2) is 91.8 Å². The Balaban J connectivity index is 1.36. The highest BCUT2D eigenvalue weighted by Gasteiger charge is 2.48. The molecule has 49 heavy (non-hydrogen) atoms. The molecule has 3 aromatic carbocycles. The lowest BCUT2D eigenvalue weighted by Gasteiger charge is -2.41. The molecule has 1 aromatic heterocycles. The number of carbonyl (C=O) groups is 1. The summed E-state index contributed by atoms with van der Waals surface area (Å²) in [7, 11) is 4.04. The number of methoxy groups -OCH3 is 3. The first-order valence-corrected chi connectivity index (χ1v) is 14.8. The minimum absolute atomic E-state index is 0.00147. The van der Waals surface area contributed by atoms with Crippen LogP contribution in [0.2, 0.25) is 0 Å². The summed E-state index contributed by atoms with van der Waals surface area (Å²) in [6, 6.07) is 10.5. The van der Waals surface area contributed by atoms with Crippen LogP contribution in [0, 0.1) is 0 Å². The van der Waals surface area contributed by atoms with Crippen LogP contribution >= 0.6 is 0 Å². The molecule has 5 atom stereocenters. The van der Waals surface area contributed by atoms with Crippen molar-refractivity contribution >= 4 is 23.0 Å². The second kappa shape index (κ2) is 13.9. The second-order valence-electron chi connectivity index (χ2n) is 10.8. The highest BCUT2D eigenvalue weighted by molar-refractivity contribution is 5.92. The van der Waals surface area contributed by atoms with Crippen molar-refractivity contribution in [3.63, 3.8) is 0 Å². The Morgan fingerprint density at radius 1 is 0.918 bits per heavy atom. The van der Waals surface area contributed by atoms with E-state index in [1.54, 1.807) is 24.3 Å². The summed E-state index contributed by atoms with van der Waals surface area (Å²) in [6.45, 7) is -0.697. The van der Waals surface area contributed by atoms with Crippen LogP contribution < -0.4 is 33.8 Å². The number of benzene rings is 3. The first-order valence-electron chi connectivity index (χ1n) is 14.8. The number of esters is 1. The molecule has 4 N–H and O–H groups in total. The molecule has 3 heterocycles. The van der Waals surface area contributed by atoms with E-state index < -0.39 is 48.7 Å². The molecule has 6 rings (SSSR count). The molecule has 0 saturated carbocycles. The summed E-state index contributed by atoms with van der Waals surface area (Å²) >= 11 is 0. The van der Waals surface area contributed by atoms with Crippen LogP contribution in [0.1, 0.15) is 5.56 Å². The molecule has 0 radical (unpaired) electrons. The van der Waals surface area contributed by atoms with E-state index in [9.17, 15) is 30.0 Å². The molecular weight excluding hydrogens is 648 g/mol. The summed E-state index contributed by atoms with van der Waals surface area (Å²) < 4.78 is 50.7. The standard InChI is InChI=1S/C34H32O15/c1-41-20-11-22-21(45-15-46-22)10-18(20)19-14-44-23-12-24(31(42-2)32(43-3)27(23)28(19)38)47-34-33(30(40)29(39)25(13-35)48-34)49-26(37)9-6-16-4-7-17(36)8-5-16/h4-12,14,25,29-30,33-36,39-40H,13,15H2,1-3H3/t25-,29-,30+,33-,34-/m1/s1. The Kier molecular flexibility index (Phi) is 9.51. The van der Waals surface area contributed by atoms with E-state index in [4.69, 9.17) is 42.3 Å². The van der Waals surface area contributed by atoms with Crippen molar-refractivity contribution in [2.24, 2.45) is 0 Å². The zero-order valence-corrected chi connectivity index (χ0v) is 26.4. The predicted molar refractivity (Wildman–Crippen MR) is 169 cm³/mol. The van der Waals surface area contributed by atoms with E-state index in [1.807, 2.05) is 0 Å². The van der Waals surface area contributed by atoms with Crippen molar-refractivity contribution in [3.8, 4) is 51.4 Å². The van der Waals surface area contributed by atoms with E-state index in [-0.39, 0.29) is 46.3 Å². The van der Waals surface area contributed by atoms with Crippen LogP contribution in [0.5, 0.6) is 40.2 Å². The van der Waals surface area contributed by atoms with E-state index in [1.165, 1.54) is 51.9 Å². The molecule has 0 aliphatic carbocycles. The summed E-state index contributed by atoms with van der Waals surface area (Å²) in [6.07, 6.45) is -4.25. The molecule has 15 heteroatoms. The first-order chi connectivity index (χ1) is 23.7. The van der Waals surface area contributed by atoms with Gasteiger partial charge in [-0.2, -0.15) is 0 Å². The van der Waals surface area contributed by atoms with Gasteiger partial charge in [0.05, 0.1) is 33.5 Å². The molecule has 2 aliphatic heterocycles. The van der Waals surface area contributed by atoms with Crippen molar-refractivity contribution in [2.75, 3.05) is 34.7 Å². The Morgan fingerprint density at radius 2 is 1.63 bits per heavy atom. The SMILES string of the molecule is COc1cc2c(cc1-c1coc3cc(O[C@@H]4O[C@H](CO)[C@@H](O)[C@H](O)[C@H]4OC(=O)C=Cc4ccc(O)cc4)c(OC)c(OC)c3c1=O)OCO2. The summed E-state index contributed by atoms with van der Waals surface area (Å²) in [5.74, 6) is 0.0311. The lowest BCUT2D eigenvalue weighted by atomic mass is 9.99. The fourth-order valence-corrected chi connectivity index (χ4v) is 5.50. The lowest BCUT2D eigenvalue weighted by Crippen LogP contribution is -2.61. The number of rotatable bonds is 10.